The molecule has 0 aromatic rings. The Balaban J connectivity index is -0.0000000573. The molecule has 0 spiro atoms. The number of rotatable bonds is 1. The molecular formula is C13H28. The van der Waals surface area contributed by atoms with Crippen LogP contribution in [0.4, 0.5) is 0 Å². The molecule has 0 amide bonds. The van der Waals surface area contributed by atoms with Gasteiger partial charge in [0.25, 0.3) is 0 Å². The lowest BCUT2D eigenvalue weighted by molar-refractivity contribution is 1.46. The first-order valence-corrected chi connectivity index (χ1v) is 5.07. The van der Waals surface area contributed by atoms with Gasteiger partial charge in [-0.1, -0.05) is 51.5 Å². The van der Waals surface area contributed by atoms with Gasteiger partial charge in [0.2, 0.25) is 0 Å². The minimum absolute atomic E-state index is 1.32. The van der Waals surface area contributed by atoms with Crippen molar-refractivity contribution in [3.05, 3.63) is 37.0 Å². The van der Waals surface area contributed by atoms with Gasteiger partial charge in [-0.05, 0) is 20.8 Å². The van der Waals surface area contributed by atoms with Gasteiger partial charge < -0.3 is 0 Å². The van der Waals surface area contributed by atoms with Crippen LogP contribution in [0.5, 0.6) is 0 Å². The molecule has 0 aliphatic rings. The lowest BCUT2D eigenvalue weighted by Crippen LogP contribution is -1.60. The minimum Gasteiger partial charge on any atom is -0.106 e. The lowest BCUT2D eigenvalue weighted by atomic mass is 10.3. The summed E-state index contributed by atoms with van der Waals surface area (Å²) in [5.41, 5.74) is 1.32. The molecule has 0 N–H and O–H groups in total. The number of hydrogen-bond donors (Lipinski definition) is 0. The summed E-state index contributed by atoms with van der Waals surface area (Å²) in [5, 5.41) is 0. The van der Waals surface area contributed by atoms with E-state index in [4.69, 9.17) is 0 Å². The molecule has 0 bridgehead atoms. The van der Waals surface area contributed by atoms with Crippen molar-refractivity contribution in [1.82, 2.24) is 0 Å². The Bertz CT molecular complexity index is 96.6. The van der Waals surface area contributed by atoms with E-state index in [-0.39, 0.29) is 0 Å². The molecule has 0 heteroatoms. The van der Waals surface area contributed by atoms with E-state index < -0.39 is 0 Å². The van der Waals surface area contributed by atoms with Crippen LogP contribution in [0.15, 0.2) is 37.0 Å². The fourth-order valence-corrected chi connectivity index (χ4v) is 0.359. The maximum absolute atomic E-state index is 3.00. The number of hydrogen-bond acceptors (Lipinski definition) is 0. The second-order valence-corrected chi connectivity index (χ2v) is 1.53. The summed E-state index contributed by atoms with van der Waals surface area (Å²) in [7, 11) is 0. The summed E-state index contributed by atoms with van der Waals surface area (Å²) in [6.07, 6.45) is 6.20. The summed E-state index contributed by atoms with van der Waals surface area (Å²) >= 11 is 0. The van der Waals surface area contributed by atoms with E-state index >= 15 is 0 Å². The van der Waals surface area contributed by atoms with Gasteiger partial charge in [0.15, 0.2) is 0 Å². The fraction of sp³-hybridized carbons (Fsp3) is 0.538. The summed E-state index contributed by atoms with van der Waals surface area (Å²) in [5.74, 6) is 0. The molecule has 0 unspecified atom stereocenters. The summed E-state index contributed by atoms with van der Waals surface area (Å²) in [4.78, 5) is 0. The van der Waals surface area contributed by atoms with Crippen LogP contribution in [-0.4, -0.2) is 0 Å². The predicted molar refractivity (Wildman–Crippen MR) is 68.2 cm³/mol. The van der Waals surface area contributed by atoms with E-state index in [0.29, 0.717) is 0 Å². The normalized spacial score (nSPS) is 8.38. The smallest absolute Gasteiger partial charge is 0.0401 e. The van der Waals surface area contributed by atoms with Crippen LogP contribution in [0, 0.1) is 0 Å². The zero-order valence-electron chi connectivity index (χ0n) is 10.6. The second-order valence-electron chi connectivity index (χ2n) is 1.53. The van der Waals surface area contributed by atoms with Gasteiger partial charge in [-0.15, -0.1) is 13.2 Å². The van der Waals surface area contributed by atoms with Crippen molar-refractivity contribution in [3.8, 4) is 0 Å². The van der Waals surface area contributed by atoms with E-state index in [1.165, 1.54) is 5.57 Å². The van der Waals surface area contributed by atoms with Gasteiger partial charge in [-0.2, -0.15) is 0 Å². The molecule has 0 saturated carbocycles. The topological polar surface area (TPSA) is 0 Å². The Morgan fingerprint density at radius 1 is 0.923 bits per heavy atom. The molecule has 0 atom stereocenters. The molecular weight excluding hydrogens is 156 g/mol. The summed E-state index contributed by atoms with van der Waals surface area (Å²) in [6, 6.07) is 0. The quantitative estimate of drug-likeness (QED) is 0.379. The molecule has 0 aliphatic carbocycles. The van der Waals surface area contributed by atoms with Crippen LogP contribution < -0.4 is 0 Å². The average Bonchev–Trinajstić information content (AvgIpc) is 2.27. The summed E-state index contributed by atoms with van der Waals surface area (Å²) in [6.45, 7) is 20.1. The highest BCUT2D eigenvalue weighted by molar-refractivity contribution is 5.13. The van der Waals surface area contributed by atoms with Crippen molar-refractivity contribution in [1.29, 1.82) is 0 Å². The highest BCUT2D eigenvalue weighted by atomic mass is 13.8. The molecule has 80 valence electrons. The largest absolute Gasteiger partial charge is 0.106 e. The second kappa shape index (κ2) is 43.0. The highest BCUT2D eigenvalue weighted by Gasteiger charge is 1.69. The Kier molecular flexibility index (Phi) is 75.3. The molecule has 0 nitrogen and oxygen atoms in total. The Morgan fingerprint density at radius 3 is 1.31 bits per heavy atom. The van der Waals surface area contributed by atoms with E-state index in [0.717, 1.165) is 0 Å². The molecule has 0 radical (unpaired) electrons. The molecule has 0 aliphatic heterocycles. The van der Waals surface area contributed by atoms with Gasteiger partial charge in [0.05, 0.1) is 0 Å². The van der Waals surface area contributed by atoms with Gasteiger partial charge in [0.1, 0.15) is 0 Å². The van der Waals surface area contributed by atoms with Crippen molar-refractivity contribution in [3.63, 3.8) is 0 Å². The first-order valence-electron chi connectivity index (χ1n) is 5.07. The third kappa shape index (κ3) is 53.6. The predicted octanol–water partition coefficient (Wildman–Crippen LogP) is 5.38. The van der Waals surface area contributed by atoms with E-state index in [1.807, 2.05) is 47.6 Å². The zero-order chi connectivity index (χ0) is 11.7. The van der Waals surface area contributed by atoms with Gasteiger partial charge in [-0.25, -0.2) is 0 Å². The molecule has 13 heavy (non-hydrogen) atoms. The maximum Gasteiger partial charge on any atom is -0.0401 e. The first kappa shape index (κ1) is 22.8. The number of allylic oxidation sites excluding steroid dienone is 4. The molecule has 0 heterocycles. The van der Waals surface area contributed by atoms with Crippen molar-refractivity contribution < 1.29 is 0 Å². The lowest BCUT2D eigenvalue weighted by Gasteiger charge is -1.81. The Morgan fingerprint density at radius 2 is 1.23 bits per heavy atom. The van der Waals surface area contributed by atoms with Crippen LogP contribution in [-0.2, 0) is 0 Å². The first-order chi connectivity index (χ1) is 6.31. The third-order valence-electron chi connectivity index (χ3n) is 0.885. The van der Waals surface area contributed by atoms with E-state index in [2.05, 4.69) is 32.2 Å². The minimum atomic E-state index is 1.32. The average molecular weight is 184 g/mol. The summed E-state index contributed by atoms with van der Waals surface area (Å²) < 4.78 is 0. The van der Waals surface area contributed by atoms with Crippen molar-refractivity contribution >= 4 is 0 Å². The standard InChI is InChI=1S/C7H12.2C2H6.C2H4/c1-4-6-7(3)5-2;3*1-2/h4-6H,1-3H3;2*1-2H3;1-2H2/b6-4-,7-5-;;;. The molecule has 0 saturated heterocycles. The molecule has 0 rings (SSSR count). The molecule has 0 fully saturated rings. The zero-order valence-corrected chi connectivity index (χ0v) is 10.6. The van der Waals surface area contributed by atoms with Crippen LogP contribution in [0.3, 0.4) is 0 Å². The van der Waals surface area contributed by atoms with Crippen LogP contribution in [0.1, 0.15) is 48.5 Å². The van der Waals surface area contributed by atoms with Crippen molar-refractivity contribution in [2.45, 2.75) is 48.5 Å². The van der Waals surface area contributed by atoms with Crippen molar-refractivity contribution in [2.75, 3.05) is 0 Å². The van der Waals surface area contributed by atoms with Crippen LogP contribution in [0.2, 0.25) is 0 Å². The Hall–Kier alpha value is -0.780. The van der Waals surface area contributed by atoms with Crippen molar-refractivity contribution in [2.24, 2.45) is 0 Å². The van der Waals surface area contributed by atoms with Gasteiger partial charge in [0, 0.05) is 0 Å². The molecule has 0 aromatic heterocycles. The van der Waals surface area contributed by atoms with E-state index in [1.54, 1.807) is 0 Å². The SMILES string of the molecule is C/C=C\C(C)=C/C.C=C.CC.CC. The van der Waals surface area contributed by atoms with Crippen LogP contribution in [0.25, 0.3) is 0 Å². The molecule has 0 aromatic carbocycles. The van der Waals surface area contributed by atoms with E-state index in [9.17, 15) is 0 Å². The third-order valence-corrected chi connectivity index (χ3v) is 0.885. The highest BCUT2D eigenvalue weighted by Crippen LogP contribution is 1.91. The van der Waals surface area contributed by atoms with Gasteiger partial charge >= 0.3 is 0 Å². The Labute approximate surface area is 86.1 Å². The monoisotopic (exact) mass is 184 g/mol. The van der Waals surface area contributed by atoms with Crippen LogP contribution >= 0.6 is 0 Å². The fourth-order valence-electron chi connectivity index (χ4n) is 0.359. The van der Waals surface area contributed by atoms with Gasteiger partial charge in [-0.3, -0.25) is 0 Å². The maximum atomic E-state index is 3.00.